The van der Waals surface area contributed by atoms with Gasteiger partial charge in [0.1, 0.15) is 5.82 Å². The van der Waals surface area contributed by atoms with Crippen molar-refractivity contribution in [3.63, 3.8) is 0 Å². The predicted molar refractivity (Wildman–Crippen MR) is 129 cm³/mol. The molecule has 0 saturated carbocycles. The van der Waals surface area contributed by atoms with Gasteiger partial charge in [0.15, 0.2) is 0 Å². The highest BCUT2D eigenvalue weighted by molar-refractivity contribution is 7.98. The summed E-state index contributed by atoms with van der Waals surface area (Å²) >= 11 is 1.63. The molecular weight excluding hydrogens is 455 g/mol. The van der Waals surface area contributed by atoms with Crippen molar-refractivity contribution >= 4 is 28.6 Å². The molecule has 34 heavy (non-hydrogen) atoms. The number of thioether (sulfide) groups is 1. The van der Waals surface area contributed by atoms with Crippen LogP contribution in [0.1, 0.15) is 16.8 Å². The van der Waals surface area contributed by atoms with E-state index in [2.05, 4.69) is 9.97 Å². The molecule has 1 amide bonds. The maximum absolute atomic E-state index is 14.2. The molecular formula is C25H23FN4O3S. The minimum absolute atomic E-state index is 0. The van der Waals surface area contributed by atoms with Crippen molar-refractivity contribution < 1.29 is 19.4 Å². The molecule has 9 heteroatoms. The lowest BCUT2D eigenvalue weighted by Crippen LogP contribution is -2.41. The van der Waals surface area contributed by atoms with Gasteiger partial charge in [-0.2, -0.15) is 0 Å². The van der Waals surface area contributed by atoms with Crippen molar-refractivity contribution in [2.45, 2.75) is 23.5 Å². The number of hydrogen-bond acceptors (Lipinski definition) is 5. The SMILES string of the molecule is CSc1cn(-c2ncc(-c3ccccc3F)cn2)c2cc(C(=O)N3CC4CC3CO4)ccc12.O. The fraction of sp³-hybridized carbons (Fsp3) is 0.240. The summed E-state index contributed by atoms with van der Waals surface area (Å²) in [5.41, 5.74) is 2.58. The number of carbonyl (C=O) groups is 1. The smallest absolute Gasteiger partial charge is 0.254 e. The van der Waals surface area contributed by atoms with Crippen molar-refractivity contribution in [3.8, 4) is 17.1 Å². The van der Waals surface area contributed by atoms with Gasteiger partial charge in [-0.25, -0.2) is 14.4 Å². The Bertz CT molecular complexity index is 1370. The molecule has 0 aliphatic carbocycles. The zero-order valence-corrected chi connectivity index (χ0v) is 19.3. The number of amides is 1. The van der Waals surface area contributed by atoms with Crippen LogP contribution in [0.4, 0.5) is 4.39 Å². The molecule has 2 aromatic heterocycles. The summed E-state index contributed by atoms with van der Waals surface area (Å²) in [4.78, 5) is 25.2. The molecule has 4 heterocycles. The Labute approximate surface area is 199 Å². The molecule has 2 aromatic carbocycles. The van der Waals surface area contributed by atoms with E-state index in [9.17, 15) is 9.18 Å². The van der Waals surface area contributed by atoms with Crippen molar-refractivity contribution in [2.24, 2.45) is 0 Å². The van der Waals surface area contributed by atoms with E-state index in [1.165, 1.54) is 6.07 Å². The van der Waals surface area contributed by atoms with Crippen molar-refractivity contribution in [3.05, 3.63) is 72.4 Å². The lowest BCUT2D eigenvalue weighted by molar-refractivity contribution is 0.0259. The maximum atomic E-state index is 14.2. The monoisotopic (exact) mass is 478 g/mol. The van der Waals surface area contributed by atoms with Crippen LogP contribution in [0.15, 0.2) is 66.0 Å². The number of fused-ring (bicyclic) bond motifs is 3. The molecule has 174 valence electrons. The number of nitrogens with zero attached hydrogens (tertiary/aromatic N) is 4. The van der Waals surface area contributed by atoms with Crippen molar-refractivity contribution in [2.75, 3.05) is 19.4 Å². The molecule has 6 rings (SSSR count). The van der Waals surface area contributed by atoms with E-state index in [0.29, 0.717) is 35.8 Å². The van der Waals surface area contributed by atoms with Crippen molar-refractivity contribution in [1.29, 1.82) is 0 Å². The van der Waals surface area contributed by atoms with Crippen LogP contribution >= 0.6 is 11.8 Å². The van der Waals surface area contributed by atoms with Crippen LogP contribution in [0, 0.1) is 5.82 Å². The fourth-order valence-corrected chi connectivity index (χ4v) is 5.35. The zero-order valence-electron chi connectivity index (χ0n) is 18.4. The molecule has 2 atom stereocenters. The molecule has 2 fully saturated rings. The minimum Gasteiger partial charge on any atom is -0.412 e. The molecule has 2 N–H and O–H groups in total. The predicted octanol–water partition coefficient (Wildman–Crippen LogP) is 3.74. The average molecular weight is 479 g/mol. The molecule has 0 spiro atoms. The highest BCUT2D eigenvalue weighted by atomic mass is 32.2. The molecule has 4 aromatic rings. The Hall–Kier alpha value is -3.27. The van der Waals surface area contributed by atoms with Gasteiger partial charge in [0.05, 0.1) is 24.3 Å². The molecule has 2 saturated heterocycles. The zero-order chi connectivity index (χ0) is 22.5. The number of benzene rings is 2. The van der Waals surface area contributed by atoms with Gasteiger partial charge >= 0.3 is 0 Å². The van der Waals surface area contributed by atoms with E-state index in [-0.39, 0.29) is 29.3 Å². The van der Waals surface area contributed by atoms with Gasteiger partial charge in [0.25, 0.3) is 5.91 Å². The third kappa shape index (κ3) is 3.66. The van der Waals surface area contributed by atoms with Crippen LogP contribution in [0.2, 0.25) is 0 Å². The number of aromatic nitrogens is 3. The lowest BCUT2D eigenvalue weighted by atomic mass is 10.1. The Morgan fingerprint density at radius 3 is 2.65 bits per heavy atom. The Morgan fingerprint density at radius 1 is 1.18 bits per heavy atom. The quantitative estimate of drug-likeness (QED) is 0.417. The van der Waals surface area contributed by atoms with Crippen molar-refractivity contribution in [1.82, 2.24) is 19.4 Å². The molecule has 7 nitrogen and oxygen atoms in total. The van der Waals surface area contributed by atoms with Crippen LogP contribution in [0.3, 0.4) is 0 Å². The van der Waals surface area contributed by atoms with Crippen LogP contribution < -0.4 is 0 Å². The van der Waals surface area contributed by atoms with Crippen LogP contribution in [0.25, 0.3) is 28.0 Å². The molecule has 2 bridgehead atoms. The largest absolute Gasteiger partial charge is 0.412 e. The first-order chi connectivity index (χ1) is 16.1. The number of ether oxygens (including phenoxy) is 1. The summed E-state index contributed by atoms with van der Waals surface area (Å²) in [5, 5.41) is 1.03. The normalized spacial score (nSPS) is 18.9. The number of halogens is 1. The summed E-state index contributed by atoms with van der Waals surface area (Å²) in [7, 11) is 0. The van der Waals surface area contributed by atoms with Gasteiger partial charge in [-0.1, -0.05) is 24.3 Å². The maximum Gasteiger partial charge on any atom is 0.254 e. The number of hydrogen-bond donors (Lipinski definition) is 0. The lowest BCUT2D eigenvalue weighted by Gasteiger charge is -2.27. The van der Waals surface area contributed by atoms with Gasteiger partial charge in [0, 0.05) is 52.1 Å². The minimum atomic E-state index is -0.311. The van der Waals surface area contributed by atoms with Gasteiger partial charge < -0.3 is 15.1 Å². The molecule has 2 aliphatic heterocycles. The molecule has 0 radical (unpaired) electrons. The first-order valence-corrected chi connectivity index (χ1v) is 12.0. The summed E-state index contributed by atoms with van der Waals surface area (Å²) in [6, 6.07) is 12.5. The molecule has 2 aliphatic rings. The Morgan fingerprint density at radius 2 is 1.97 bits per heavy atom. The second-order valence-corrected chi connectivity index (χ2v) is 9.20. The first kappa shape index (κ1) is 22.5. The second-order valence-electron chi connectivity index (χ2n) is 8.35. The van der Waals surface area contributed by atoms with E-state index >= 15 is 0 Å². The van der Waals surface area contributed by atoms with E-state index in [1.54, 1.807) is 42.4 Å². The van der Waals surface area contributed by atoms with E-state index in [4.69, 9.17) is 4.74 Å². The van der Waals surface area contributed by atoms with E-state index in [0.717, 1.165) is 22.2 Å². The third-order valence-electron chi connectivity index (χ3n) is 6.44. The molecule has 2 unspecified atom stereocenters. The fourth-order valence-electron chi connectivity index (χ4n) is 4.75. The van der Waals surface area contributed by atoms with E-state index < -0.39 is 0 Å². The van der Waals surface area contributed by atoms with E-state index in [1.807, 2.05) is 40.1 Å². The topological polar surface area (TPSA) is 91.8 Å². The Balaban J connectivity index is 0.00000241. The highest BCUT2D eigenvalue weighted by Gasteiger charge is 2.41. The van der Waals surface area contributed by atoms with Gasteiger partial charge in [-0.3, -0.25) is 9.36 Å². The summed E-state index contributed by atoms with van der Waals surface area (Å²) in [5.74, 6) is 0.190. The average Bonchev–Trinajstić information content (AvgIpc) is 3.58. The number of rotatable bonds is 4. The third-order valence-corrected chi connectivity index (χ3v) is 7.20. The van der Waals surface area contributed by atoms with Gasteiger partial charge in [0.2, 0.25) is 5.95 Å². The first-order valence-electron chi connectivity index (χ1n) is 10.8. The number of likely N-dealkylation sites (tertiary alicyclic amines) is 1. The highest BCUT2D eigenvalue weighted by Crippen LogP contribution is 2.33. The number of morpholine rings is 1. The summed E-state index contributed by atoms with van der Waals surface area (Å²) in [6.45, 7) is 1.27. The van der Waals surface area contributed by atoms with Gasteiger partial charge in [-0.05, 0) is 30.9 Å². The summed E-state index contributed by atoms with van der Waals surface area (Å²) in [6.07, 6.45) is 8.33. The standard InChI is InChI=1S/C25H21FN4O2S.H2O/c1-33-23-13-30(25-27-10-16(11-28-25)19-4-2-3-5-21(19)26)22-8-15(6-7-20(22)23)24(31)29-12-18-9-17(29)14-32-18;/h2-8,10-11,13,17-18H,9,12,14H2,1H3;1H2. The van der Waals surface area contributed by atoms with Crippen LogP contribution in [-0.2, 0) is 4.74 Å². The Kier molecular flexibility index (Phi) is 5.85. The van der Waals surface area contributed by atoms with Crippen LogP contribution in [-0.4, -0.2) is 62.4 Å². The van der Waals surface area contributed by atoms with Gasteiger partial charge in [-0.15, -0.1) is 11.8 Å². The second kappa shape index (κ2) is 8.83. The summed E-state index contributed by atoms with van der Waals surface area (Å²) < 4.78 is 21.7. The number of carbonyl (C=O) groups excluding carboxylic acids is 1. The van der Waals surface area contributed by atoms with Crippen LogP contribution in [0.5, 0.6) is 0 Å².